The molecule has 112 valence electrons. The van der Waals surface area contributed by atoms with Gasteiger partial charge in [-0.05, 0) is 50.9 Å². The second-order valence-corrected chi connectivity index (χ2v) is 6.42. The Bertz CT molecular complexity index is 420. The van der Waals surface area contributed by atoms with Crippen LogP contribution in [0.4, 0.5) is 0 Å². The molecule has 1 aliphatic heterocycles. The lowest BCUT2D eigenvalue weighted by Crippen LogP contribution is -2.49. The summed E-state index contributed by atoms with van der Waals surface area (Å²) in [5.41, 5.74) is -0.329. The first-order valence-corrected chi connectivity index (χ1v) is 7.54. The largest absolute Gasteiger partial charge is 0.469 e. The summed E-state index contributed by atoms with van der Waals surface area (Å²) in [5.74, 6) is 1.47. The van der Waals surface area contributed by atoms with E-state index in [2.05, 4.69) is 24.5 Å². The van der Waals surface area contributed by atoms with Gasteiger partial charge in [-0.3, -0.25) is 4.79 Å². The van der Waals surface area contributed by atoms with Gasteiger partial charge in [-0.2, -0.15) is 0 Å². The first-order chi connectivity index (χ1) is 9.50. The predicted molar refractivity (Wildman–Crippen MR) is 79.4 cm³/mol. The average molecular weight is 278 g/mol. The van der Waals surface area contributed by atoms with E-state index in [0.29, 0.717) is 5.92 Å². The minimum atomic E-state index is -0.329. The van der Waals surface area contributed by atoms with E-state index in [9.17, 15) is 4.79 Å². The Balaban J connectivity index is 1.89. The molecule has 4 nitrogen and oxygen atoms in total. The van der Waals surface area contributed by atoms with Gasteiger partial charge in [-0.25, -0.2) is 0 Å². The van der Waals surface area contributed by atoms with Gasteiger partial charge in [0.15, 0.2) is 0 Å². The molecule has 0 saturated carbocycles. The molecular weight excluding hydrogens is 252 g/mol. The van der Waals surface area contributed by atoms with Crippen molar-refractivity contribution in [3.05, 3.63) is 24.2 Å². The van der Waals surface area contributed by atoms with Crippen molar-refractivity contribution in [2.45, 2.75) is 46.1 Å². The molecule has 2 N–H and O–H groups in total. The fourth-order valence-electron chi connectivity index (χ4n) is 2.84. The normalized spacial score (nSPS) is 21.4. The zero-order valence-electron chi connectivity index (χ0n) is 12.7. The van der Waals surface area contributed by atoms with Crippen LogP contribution in [0.3, 0.4) is 0 Å². The summed E-state index contributed by atoms with van der Waals surface area (Å²) in [6, 6.07) is 3.91. The molecule has 0 bridgehead atoms. The molecule has 1 fully saturated rings. The van der Waals surface area contributed by atoms with Gasteiger partial charge in [0.05, 0.1) is 6.26 Å². The Hall–Kier alpha value is -1.29. The summed E-state index contributed by atoms with van der Waals surface area (Å²) in [7, 11) is 0. The van der Waals surface area contributed by atoms with Crippen molar-refractivity contribution in [2.24, 2.45) is 11.3 Å². The van der Waals surface area contributed by atoms with Crippen LogP contribution in [0.25, 0.3) is 0 Å². The first kappa shape index (κ1) is 15.1. The number of furan rings is 1. The molecule has 2 unspecified atom stereocenters. The molecule has 4 heteroatoms. The Morgan fingerprint density at radius 2 is 2.40 bits per heavy atom. The summed E-state index contributed by atoms with van der Waals surface area (Å²) >= 11 is 0. The van der Waals surface area contributed by atoms with Crippen LogP contribution in [0.1, 0.15) is 39.4 Å². The van der Waals surface area contributed by atoms with Gasteiger partial charge in [0, 0.05) is 17.9 Å². The molecule has 0 radical (unpaired) electrons. The number of rotatable bonds is 5. The highest BCUT2D eigenvalue weighted by Gasteiger charge is 2.37. The van der Waals surface area contributed by atoms with Gasteiger partial charge in [-0.15, -0.1) is 0 Å². The second-order valence-electron chi connectivity index (χ2n) is 6.42. The van der Waals surface area contributed by atoms with Crippen molar-refractivity contribution in [1.82, 2.24) is 10.6 Å². The molecule has 1 aliphatic rings. The van der Waals surface area contributed by atoms with Gasteiger partial charge in [0.1, 0.15) is 5.76 Å². The lowest BCUT2D eigenvalue weighted by atomic mass is 9.74. The third-order valence-corrected chi connectivity index (χ3v) is 4.37. The lowest BCUT2D eigenvalue weighted by Gasteiger charge is -2.36. The van der Waals surface area contributed by atoms with E-state index < -0.39 is 0 Å². The van der Waals surface area contributed by atoms with E-state index in [1.165, 1.54) is 0 Å². The van der Waals surface area contributed by atoms with E-state index in [4.69, 9.17) is 4.42 Å². The number of nitrogens with one attached hydrogen (secondary N) is 2. The Morgan fingerprint density at radius 3 is 3.00 bits per heavy atom. The molecular formula is C16H26N2O2. The highest BCUT2D eigenvalue weighted by Crippen LogP contribution is 2.32. The number of piperidine rings is 1. The average Bonchev–Trinajstić information content (AvgIpc) is 2.92. The number of carbonyl (C=O) groups excluding carboxylic acids is 1. The van der Waals surface area contributed by atoms with Gasteiger partial charge >= 0.3 is 0 Å². The van der Waals surface area contributed by atoms with Crippen LogP contribution in [-0.2, 0) is 11.2 Å². The molecule has 0 spiro atoms. The Kier molecular flexibility index (Phi) is 4.86. The smallest absolute Gasteiger partial charge is 0.226 e. The Labute approximate surface area is 121 Å². The minimum Gasteiger partial charge on any atom is -0.469 e. The van der Waals surface area contributed by atoms with E-state index in [1.807, 2.05) is 19.1 Å². The maximum atomic E-state index is 12.5. The van der Waals surface area contributed by atoms with Crippen LogP contribution in [0.2, 0.25) is 0 Å². The van der Waals surface area contributed by atoms with Gasteiger partial charge in [-0.1, -0.05) is 13.8 Å². The maximum absolute atomic E-state index is 12.5. The van der Waals surface area contributed by atoms with Crippen molar-refractivity contribution in [1.29, 1.82) is 0 Å². The molecule has 2 atom stereocenters. The predicted octanol–water partition coefficient (Wildman–Crippen LogP) is 2.35. The van der Waals surface area contributed by atoms with Gasteiger partial charge in [0.25, 0.3) is 0 Å². The number of carbonyl (C=O) groups is 1. The molecule has 0 aromatic carbocycles. The summed E-state index contributed by atoms with van der Waals surface area (Å²) in [6.07, 6.45) is 4.68. The molecule has 2 rings (SSSR count). The van der Waals surface area contributed by atoms with E-state index in [1.54, 1.807) is 6.26 Å². The highest BCUT2D eigenvalue weighted by atomic mass is 16.3. The number of hydrogen-bond acceptors (Lipinski definition) is 3. The number of hydrogen-bond donors (Lipinski definition) is 2. The standard InChI is InChI=1S/C16H26N2O2/c1-12(10-14-7-5-9-20-14)18-15(19)16(2,3)13-6-4-8-17-11-13/h5,7,9,12-13,17H,4,6,8,10-11H2,1-3H3,(H,18,19). The van der Waals surface area contributed by atoms with Crippen molar-refractivity contribution in [2.75, 3.05) is 13.1 Å². The zero-order chi connectivity index (χ0) is 14.6. The van der Waals surface area contributed by atoms with Crippen LogP contribution < -0.4 is 10.6 Å². The zero-order valence-corrected chi connectivity index (χ0v) is 12.7. The fourth-order valence-corrected chi connectivity index (χ4v) is 2.84. The molecule has 2 heterocycles. The third kappa shape index (κ3) is 3.63. The highest BCUT2D eigenvalue weighted by molar-refractivity contribution is 5.82. The van der Waals surface area contributed by atoms with Gasteiger partial charge < -0.3 is 15.1 Å². The molecule has 1 amide bonds. The monoisotopic (exact) mass is 278 g/mol. The maximum Gasteiger partial charge on any atom is 0.226 e. The van der Waals surface area contributed by atoms with Crippen LogP contribution >= 0.6 is 0 Å². The lowest BCUT2D eigenvalue weighted by molar-refractivity contribution is -0.133. The molecule has 0 aliphatic carbocycles. The van der Waals surface area contributed by atoms with Crippen molar-refractivity contribution >= 4 is 5.91 Å². The van der Waals surface area contributed by atoms with E-state index in [0.717, 1.165) is 38.1 Å². The van der Waals surface area contributed by atoms with Crippen LogP contribution in [-0.4, -0.2) is 25.0 Å². The van der Waals surface area contributed by atoms with Gasteiger partial charge in [0.2, 0.25) is 5.91 Å². The molecule has 1 aromatic rings. The Morgan fingerprint density at radius 1 is 1.60 bits per heavy atom. The summed E-state index contributed by atoms with van der Waals surface area (Å²) in [4.78, 5) is 12.5. The van der Waals surface area contributed by atoms with Crippen molar-refractivity contribution < 1.29 is 9.21 Å². The van der Waals surface area contributed by atoms with Crippen molar-refractivity contribution in [3.63, 3.8) is 0 Å². The molecule has 1 saturated heterocycles. The van der Waals surface area contributed by atoms with E-state index >= 15 is 0 Å². The minimum absolute atomic E-state index is 0.0875. The topological polar surface area (TPSA) is 54.3 Å². The third-order valence-electron chi connectivity index (χ3n) is 4.37. The van der Waals surface area contributed by atoms with Crippen LogP contribution in [0.5, 0.6) is 0 Å². The fraction of sp³-hybridized carbons (Fsp3) is 0.688. The summed E-state index contributed by atoms with van der Waals surface area (Å²) in [6.45, 7) is 8.14. The van der Waals surface area contributed by atoms with Crippen molar-refractivity contribution in [3.8, 4) is 0 Å². The van der Waals surface area contributed by atoms with Crippen LogP contribution in [0, 0.1) is 11.3 Å². The summed E-state index contributed by atoms with van der Waals surface area (Å²) in [5, 5.41) is 6.52. The first-order valence-electron chi connectivity index (χ1n) is 7.54. The number of amides is 1. The van der Waals surface area contributed by atoms with Crippen LogP contribution in [0.15, 0.2) is 22.8 Å². The SMILES string of the molecule is CC(Cc1ccco1)NC(=O)C(C)(C)C1CCCNC1. The summed E-state index contributed by atoms with van der Waals surface area (Å²) < 4.78 is 5.33. The quantitative estimate of drug-likeness (QED) is 0.869. The van der Waals surface area contributed by atoms with E-state index in [-0.39, 0.29) is 17.4 Å². The molecule has 20 heavy (non-hydrogen) atoms. The molecule has 1 aromatic heterocycles. The second kappa shape index (κ2) is 6.44.